The number of pyridine rings is 1. The molecule has 2 aromatic rings. The summed E-state index contributed by atoms with van der Waals surface area (Å²) in [6.45, 7) is 5.03. The molecule has 1 unspecified atom stereocenters. The zero-order valence-corrected chi connectivity index (χ0v) is 21.9. The number of carbonyl (C=O) groups excluding carboxylic acids is 3. The van der Waals surface area contributed by atoms with Gasteiger partial charge in [-0.2, -0.15) is 0 Å². The first-order valence-corrected chi connectivity index (χ1v) is 12.9. The second-order valence-corrected chi connectivity index (χ2v) is 10.2. The number of nitrogens with zero attached hydrogens (tertiary/aromatic N) is 4. The van der Waals surface area contributed by atoms with E-state index in [9.17, 15) is 19.2 Å². The summed E-state index contributed by atoms with van der Waals surface area (Å²) in [5.74, 6) is -0.963. The van der Waals surface area contributed by atoms with Crippen molar-refractivity contribution in [2.24, 2.45) is 0 Å². The average Bonchev–Trinajstić information content (AvgIpc) is 3.12. The summed E-state index contributed by atoms with van der Waals surface area (Å²) in [6.07, 6.45) is 4.69. The van der Waals surface area contributed by atoms with E-state index in [0.29, 0.717) is 34.5 Å². The van der Waals surface area contributed by atoms with Gasteiger partial charge in [-0.1, -0.05) is 43.4 Å². The van der Waals surface area contributed by atoms with Gasteiger partial charge in [0.15, 0.2) is 0 Å². The summed E-state index contributed by atoms with van der Waals surface area (Å²) in [4.78, 5) is 59.9. The summed E-state index contributed by atoms with van der Waals surface area (Å²) >= 11 is 6.55. The van der Waals surface area contributed by atoms with Crippen molar-refractivity contribution in [2.75, 3.05) is 31.6 Å². The molecule has 0 saturated carbocycles. The van der Waals surface area contributed by atoms with Crippen LogP contribution >= 0.6 is 24.0 Å². The molecule has 0 aromatic carbocycles. The Morgan fingerprint density at radius 3 is 2.83 bits per heavy atom. The number of hydrogen-bond donors (Lipinski definition) is 1. The number of unbranched alkanes of at least 4 members (excludes halogenated alkanes) is 1. The lowest BCUT2D eigenvalue weighted by atomic mass is 10.1. The Morgan fingerprint density at radius 1 is 1.33 bits per heavy atom. The molecule has 0 bridgehead atoms. The van der Waals surface area contributed by atoms with Gasteiger partial charge in [-0.05, 0) is 31.1 Å². The normalized spacial score (nSPS) is 19.4. The number of aryl methyl sites for hydroxylation is 1. The summed E-state index contributed by atoms with van der Waals surface area (Å²) < 4.78 is 6.64. The van der Waals surface area contributed by atoms with Gasteiger partial charge in [0.2, 0.25) is 5.91 Å². The summed E-state index contributed by atoms with van der Waals surface area (Å²) in [7, 11) is 1.25. The van der Waals surface area contributed by atoms with Crippen LogP contribution in [0.3, 0.4) is 0 Å². The number of amides is 2. The Balaban J connectivity index is 1.88. The minimum Gasteiger partial charge on any atom is -0.469 e. The average molecular weight is 530 g/mol. The van der Waals surface area contributed by atoms with Crippen molar-refractivity contribution >= 4 is 63.6 Å². The van der Waals surface area contributed by atoms with E-state index in [1.54, 1.807) is 22.1 Å². The number of thiocarbonyl (C=S) groups is 1. The number of carbonyl (C=O) groups is 3. The predicted octanol–water partition coefficient (Wildman–Crippen LogP) is 1.87. The van der Waals surface area contributed by atoms with Gasteiger partial charge in [0.1, 0.15) is 21.8 Å². The zero-order valence-electron chi connectivity index (χ0n) is 20.3. The number of aromatic nitrogens is 2. The standard InChI is InChI=1S/C24H27N5O5S2/c1-4-5-9-28-23(33)17(36-24(28)35)11-15-20(26-18-7-6-14(2)13-29(18)22(15)32)27-10-8-25-21(31)16(27)12-19(30)34-3/h6-7,11,13,16H,4-5,8-10,12H2,1-3H3,(H,25,31)/b17-11-. The van der Waals surface area contributed by atoms with Crippen LogP contribution in [0.1, 0.15) is 37.3 Å². The first-order chi connectivity index (χ1) is 17.2. The van der Waals surface area contributed by atoms with E-state index in [0.717, 1.165) is 30.2 Å². The second kappa shape index (κ2) is 10.8. The second-order valence-electron chi connectivity index (χ2n) is 8.56. The van der Waals surface area contributed by atoms with E-state index >= 15 is 0 Å². The largest absolute Gasteiger partial charge is 0.469 e. The number of nitrogens with one attached hydrogen (secondary N) is 1. The van der Waals surface area contributed by atoms with Crippen molar-refractivity contribution in [1.29, 1.82) is 0 Å². The van der Waals surface area contributed by atoms with Crippen LogP contribution in [0.25, 0.3) is 11.7 Å². The van der Waals surface area contributed by atoms with Gasteiger partial charge in [-0.25, -0.2) is 4.98 Å². The summed E-state index contributed by atoms with van der Waals surface area (Å²) in [5, 5.41) is 2.75. The molecule has 36 heavy (non-hydrogen) atoms. The Hall–Kier alpha value is -3.25. The highest BCUT2D eigenvalue weighted by Crippen LogP contribution is 2.34. The minimum absolute atomic E-state index is 0.152. The molecule has 10 nitrogen and oxygen atoms in total. The fraction of sp³-hybridized carbons (Fsp3) is 0.417. The van der Waals surface area contributed by atoms with Crippen LogP contribution in [0, 0.1) is 6.92 Å². The Morgan fingerprint density at radius 2 is 2.11 bits per heavy atom. The predicted molar refractivity (Wildman–Crippen MR) is 142 cm³/mol. The van der Waals surface area contributed by atoms with E-state index in [1.807, 2.05) is 19.9 Å². The molecule has 0 aliphatic carbocycles. The van der Waals surface area contributed by atoms with Crippen LogP contribution in [-0.4, -0.2) is 69.2 Å². The lowest BCUT2D eigenvalue weighted by Gasteiger charge is -2.36. The highest BCUT2D eigenvalue weighted by atomic mass is 32.2. The summed E-state index contributed by atoms with van der Waals surface area (Å²) in [6, 6.07) is 2.63. The Labute approximate surface area is 217 Å². The first-order valence-electron chi connectivity index (χ1n) is 11.6. The Kier molecular flexibility index (Phi) is 7.74. The van der Waals surface area contributed by atoms with Crippen molar-refractivity contribution in [3.63, 3.8) is 0 Å². The molecule has 2 fully saturated rings. The molecule has 1 N–H and O–H groups in total. The van der Waals surface area contributed by atoms with Crippen molar-refractivity contribution < 1.29 is 19.1 Å². The number of fused-ring (bicyclic) bond motifs is 1. The number of anilines is 1. The number of piperazine rings is 1. The maximum absolute atomic E-state index is 13.7. The van der Waals surface area contributed by atoms with Gasteiger partial charge in [0.25, 0.3) is 11.5 Å². The third-order valence-electron chi connectivity index (χ3n) is 6.06. The molecular formula is C24H27N5O5S2. The molecule has 2 aliphatic rings. The lowest BCUT2D eigenvalue weighted by molar-refractivity contribution is -0.143. The molecule has 0 spiro atoms. The van der Waals surface area contributed by atoms with Crippen molar-refractivity contribution in [3.05, 3.63) is 44.7 Å². The van der Waals surface area contributed by atoms with Gasteiger partial charge < -0.3 is 15.0 Å². The van der Waals surface area contributed by atoms with E-state index in [2.05, 4.69) is 5.32 Å². The Bertz CT molecular complexity index is 1340. The first kappa shape index (κ1) is 25.8. The fourth-order valence-electron chi connectivity index (χ4n) is 4.14. The maximum Gasteiger partial charge on any atom is 0.308 e. The van der Waals surface area contributed by atoms with Crippen LogP contribution in [-0.2, 0) is 19.1 Å². The molecule has 2 amide bonds. The van der Waals surface area contributed by atoms with Crippen LogP contribution < -0.4 is 15.8 Å². The monoisotopic (exact) mass is 529 g/mol. The number of rotatable bonds is 7. The third kappa shape index (κ3) is 5.00. The topological polar surface area (TPSA) is 113 Å². The third-order valence-corrected chi connectivity index (χ3v) is 7.44. The van der Waals surface area contributed by atoms with Gasteiger partial charge >= 0.3 is 5.97 Å². The van der Waals surface area contributed by atoms with Crippen LogP contribution in [0.4, 0.5) is 5.82 Å². The smallest absolute Gasteiger partial charge is 0.308 e. The fourth-order valence-corrected chi connectivity index (χ4v) is 5.44. The zero-order chi connectivity index (χ0) is 26.0. The molecule has 12 heteroatoms. The molecule has 2 saturated heterocycles. The molecule has 2 aromatic heterocycles. The highest BCUT2D eigenvalue weighted by Gasteiger charge is 2.36. The quantitative estimate of drug-likeness (QED) is 0.326. The molecule has 4 heterocycles. The van der Waals surface area contributed by atoms with Gasteiger partial charge in [0, 0.05) is 25.8 Å². The van der Waals surface area contributed by atoms with Gasteiger partial charge in [-0.3, -0.25) is 28.5 Å². The number of thioether (sulfide) groups is 1. The van der Waals surface area contributed by atoms with Crippen LogP contribution in [0.15, 0.2) is 28.0 Å². The molecule has 0 radical (unpaired) electrons. The molecule has 4 rings (SSSR count). The number of esters is 1. The number of methoxy groups -OCH3 is 1. The van der Waals surface area contributed by atoms with Crippen LogP contribution in [0.5, 0.6) is 0 Å². The van der Waals surface area contributed by atoms with Crippen molar-refractivity contribution in [3.8, 4) is 0 Å². The minimum atomic E-state index is -0.919. The lowest BCUT2D eigenvalue weighted by Crippen LogP contribution is -2.57. The van der Waals surface area contributed by atoms with E-state index in [4.69, 9.17) is 21.9 Å². The van der Waals surface area contributed by atoms with E-state index in [1.165, 1.54) is 17.6 Å². The number of ether oxygens (including phenoxy) is 1. The van der Waals surface area contributed by atoms with Gasteiger partial charge in [-0.15, -0.1) is 0 Å². The van der Waals surface area contributed by atoms with E-state index < -0.39 is 12.0 Å². The van der Waals surface area contributed by atoms with E-state index in [-0.39, 0.29) is 35.2 Å². The van der Waals surface area contributed by atoms with Gasteiger partial charge in [0.05, 0.1) is 24.0 Å². The molecule has 1 atom stereocenters. The number of hydrogen-bond acceptors (Lipinski definition) is 9. The summed E-state index contributed by atoms with van der Waals surface area (Å²) in [5.41, 5.74) is 1.01. The molecular weight excluding hydrogens is 502 g/mol. The maximum atomic E-state index is 13.7. The SMILES string of the molecule is CCCCN1C(=O)/C(=C/c2c(N3CCNC(=O)C3CC(=O)OC)nc3ccc(C)cn3c2=O)SC1=S. The van der Waals surface area contributed by atoms with Crippen LogP contribution in [0.2, 0.25) is 0 Å². The van der Waals surface area contributed by atoms with Crippen molar-refractivity contribution in [2.45, 2.75) is 39.2 Å². The van der Waals surface area contributed by atoms with Crippen molar-refractivity contribution in [1.82, 2.24) is 19.6 Å². The molecule has 2 aliphatic heterocycles. The highest BCUT2D eigenvalue weighted by molar-refractivity contribution is 8.26. The molecule has 190 valence electrons.